The molecule has 0 aromatic carbocycles. The molecule has 0 amide bonds. The fraction of sp³-hybridized carbons (Fsp3) is 0.667. The zero-order chi connectivity index (χ0) is 8.69. The van der Waals surface area contributed by atoms with Crippen molar-refractivity contribution in [1.82, 2.24) is 0 Å². The summed E-state index contributed by atoms with van der Waals surface area (Å²) in [4.78, 5) is 4.61. The van der Waals surface area contributed by atoms with Crippen molar-refractivity contribution in [2.45, 2.75) is 13.8 Å². The summed E-state index contributed by atoms with van der Waals surface area (Å²) in [6, 6.07) is 0. The fourth-order valence-electron chi connectivity index (χ4n) is 0.322. The van der Waals surface area contributed by atoms with Gasteiger partial charge in [0.05, 0.1) is 6.61 Å². The monoisotopic (exact) mass is 160 g/mol. The van der Waals surface area contributed by atoms with E-state index in [-0.39, 0.29) is 13.2 Å². The first-order valence-electron chi connectivity index (χ1n) is 3.18. The van der Waals surface area contributed by atoms with Crippen LogP contribution >= 0.6 is 0 Å². The van der Waals surface area contributed by atoms with E-state index in [1.54, 1.807) is 13.8 Å². The van der Waals surface area contributed by atoms with Crippen molar-refractivity contribution in [1.29, 1.82) is 0 Å². The molecule has 0 aliphatic heterocycles. The highest BCUT2D eigenvalue weighted by Gasteiger charge is 1.95. The molecule has 0 unspecified atom stereocenters. The van der Waals surface area contributed by atoms with Gasteiger partial charge >= 0.3 is 0 Å². The fourth-order valence-corrected chi connectivity index (χ4v) is 0.322. The molecule has 2 N–H and O–H groups in total. The normalized spacial score (nSPS) is 13.4. The highest BCUT2D eigenvalue weighted by Crippen LogP contribution is 1.84. The van der Waals surface area contributed by atoms with Gasteiger partial charge in [0.25, 0.3) is 0 Å². The summed E-state index contributed by atoms with van der Waals surface area (Å²) >= 11 is 0. The molecule has 0 saturated heterocycles. The van der Waals surface area contributed by atoms with Crippen LogP contribution in [0.2, 0.25) is 0 Å². The predicted octanol–water partition coefficient (Wildman–Crippen LogP) is 0.221. The summed E-state index contributed by atoms with van der Waals surface area (Å²) in [7, 11) is 0. The molecule has 11 heavy (non-hydrogen) atoms. The molecule has 0 aromatic rings. The third kappa shape index (κ3) is 4.32. The Balaban J connectivity index is 3.81. The highest BCUT2D eigenvalue weighted by atomic mass is 16.6. The van der Waals surface area contributed by atoms with E-state index in [1.165, 1.54) is 0 Å². The number of hydrogen-bond donors (Lipinski definition) is 2. The Morgan fingerprint density at radius 3 is 2.45 bits per heavy atom. The Bertz CT molecular complexity index is 165. The Labute approximate surface area is 65.0 Å². The lowest BCUT2D eigenvalue weighted by molar-refractivity contribution is 0.0989. The van der Waals surface area contributed by atoms with Gasteiger partial charge in [-0.15, -0.1) is 0 Å². The van der Waals surface area contributed by atoms with E-state index in [1.807, 2.05) is 0 Å². The predicted molar refractivity (Wildman–Crippen MR) is 41.0 cm³/mol. The van der Waals surface area contributed by atoms with Gasteiger partial charge in [0.2, 0.25) is 0 Å². The zero-order valence-corrected chi connectivity index (χ0v) is 6.61. The zero-order valence-electron chi connectivity index (χ0n) is 6.61. The van der Waals surface area contributed by atoms with E-state index in [0.29, 0.717) is 11.4 Å². The van der Waals surface area contributed by atoms with Gasteiger partial charge in [0.15, 0.2) is 0 Å². The molecular weight excluding hydrogens is 148 g/mol. The second-order valence-electron chi connectivity index (χ2n) is 1.92. The van der Waals surface area contributed by atoms with Crippen molar-refractivity contribution < 1.29 is 15.2 Å². The number of aliphatic hydroxyl groups excluding tert-OH is 1. The Kier molecular flexibility index (Phi) is 5.10. The third-order valence-corrected chi connectivity index (χ3v) is 1.06. The van der Waals surface area contributed by atoms with Gasteiger partial charge in [-0.1, -0.05) is 10.3 Å². The highest BCUT2D eigenvalue weighted by molar-refractivity contribution is 6.40. The van der Waals surface area contributed by atoms with Crippen LogP contribution < -0.4 is 0 Å². The lowest BCUT2D eigenvalue weighted by Crippen LogP contribution is -2.07. The average molecular weight is 160 g/mol. The van der Waals surface area contributed by atoms with Crippen LogP contribution in [-0.2, 0) is 4.84 Å². The Morgan fingerprint density at radius 1 is 1.36 bits per heavy atom. The second-order valence-corrected chi connectivity index (χ2v) is 1.92. The topological polar surface area (TPSA) is 74.4 Å². The van der Waals surface area contributed by atoms with Gasteiger partial charge in [-0.2, -0.15) is 0 Å². The summed E-state index contributed by atoms with van der Waals surface area (Å²) in [5.41, 5.74) is 0.879. The molecule has 0 bridgehead atoms. The van der Waals surface area contributed by atoms with E-state index >= 15 is 0 Å². The first kappa shape index (κ1) is 9.90. The average Bonchev–Trinajstić information content (AvgIpc) is 2.03. The van der Waals surface area contributed by atoms with Gasteiger partial charge in [-0.05, 0) is 13.8 Å². The maximum atomic E-state index is 8.30. The van der Waals surface area contributed by atoms with E-state index < -0.39 is 0 Å². The lowest BCUT2D eigenvalue weighted by Gasteiger charge is -1.97. The summed E-state index contributed by atoms with van der Waals surface area (Å²) in [5.74, 6) is 0. The summed E-state index contributed by atoms with van der Waals surface area (Å²) < 4.78 is 0. The molecule has 0 rings (SSSR count). The van der Waals surface area contributed by atoms with Gasteiger partial charge in [0, 0.05) is 0 Å². The molecule has 0 spiro atoms. The molecule has 0 heterocycles. The Hall–Kier alpha value is -1.10. The molecule has 0 radical (unpaired) electrons. The van der Waals surface area contributed by atoms with Crippen LogP contribution in [-0.4, -0.2) is 35.0 Å². The van der Waals surface area contributed by atoms with Crippen LogP contribution in [0.4, 0.5) is 0 Å². The molecular formula is C6H12N2O3. The van der Waals surface area contributed by atoms with Crippen LogP contribution in [0, 0.1) is 0 Å². The molecule has 5 nitrogen and oxygen atoms in total. The number of nitrogens with zero attached hydrogens (tertiary/aromatic N) is 2. The molecule has 0 atom stereocenters. The van der Waals surface area contributed by atoms with Crippen molar-refractivity contribution in [2.75, 3.05) is 13.2 Å². The first-order valence-corrected chi connectivity index (χ1v) is 3.18. The third-order valence-electron chi connectivity index (χ3n) is 1.06. The van der Waals surface area contributed by atoms with Gasteiger partial charge in [-0.25, -0.2) is 0 Å². The number of aliphatic hydroxyl groups is 1. The minimum atomic E-state index is -0.0773. The van der Waals surface area contributed by atoms with Gasteiger partial charge < -0.3 is 15.2 Å². The van der Waals surface area contributed by atoms with E-state index in [2.05, 4.69) is 15.1 Å². The maximum Gasteiger partial charge on any atom is 0.140 e. The summed E-state index contributed by atoms with van der Waals surface area (Å²) in [6.07, 6.45) is 0. The van der Waals surface area contributed by atoms with Crippen molar-refractivity contribution in [3.05, 3.63) is 0 Å². The summed E-state index contributed by atoms with van der Waals surface area (Å²) in [5, 5.41) is 23.0. The lowest BCUT2D eigenvalue weighted by atomic mass is 10.3. The van der Waals surface area contributed by atoms with Crippen LogP contribution in [0.1, 0.15) is 13.8 Å². The molecule has 0 aliphatic rings. The van der Waals surface area contributed by atoms with Crippen molar-refractivity contribution >= 4 is 11.4 Å². The first-order chi connectivity index (χ1) is 5.22. The summed E-state index contributed by atoms with van der Waals surface area (Å²) in [6.45, 7) is 3.32. The molecule has 5 heteroatoms. The van der Waals surface area contributed by atoms with Crippen LogP contribution in [0.5, 0.6) is 0 Å². The van der Waals surface area contributed by atoms with Crippen LogP contribution in [0.25, 0.3) is 0 Å². The van der Waals surface area contributed by atoms with Crippen LogP contribution in [0.3, 0.4) is 0 Å². The Morgan fingerprint density at radius 2 is 2.00 bits per heavy atom. The molecule has 0 aliphatic carbocycles. The largest absolute Gasteiger partial charge is 0.411 e. The molecule has 0 saturated carbocycles. The van der Waals surface area contributed by atoms with Crippen LogP contribution in [0.15, 0.2) is 10.3 Å². The maximum absolute atomic E-state index is 8.30. The molecule has 0 fully saturated rings. The van der Waals surface area contributed by atoms with E-state index in [4.69, 9.17) is 10.3 Å². The second kappa shape index (κ2) is 5.67. The standard InChI is InChI=1S/C6H12N2O3/c1-5(7-10)6(2)8-11-4-3-9/h9-10H,3-4H2,1-2H3. The SMILES string of the molecule is CC(=NO)C(C)=NOCCO. The number of rotatable bonds is 4. The van der Waals surface area contributed by atoms with Gasteiger partial charge in [-0.3, -0.25) is 0 Å². The van der Waals surface area contributed by atoms with E-state index in [0.717, 1.165) is 0 Å². The van der Waals surface area contributed by atoms with Crippen molar-refractivity contribution in [3.63, 3.8) is 0 Å². The number of oxime groups is 2. The minimum absolute atomic E-state index is 0.0773. The quantitative estimate of drug-likeness (QED) is 0.267. The van der Waals surface area contributed by atoms with Gasteiger partial charge in [0.1, 0.15) is 18.0 Å². The molecule has 0 aromatic heterocycles. The molecule has 64 valence electrons. The minimum Gasteiger partial charge on any atom is -0.411 e. The smallest absolute Gasteiger partial charge is 0.140 e. The number of hydrogen-bond acceptors (Lipinski definition) is 5. The van der Waals surface area contributed by atoms with Crippen molar-refractivity contribution in [3.8, 4) is 0 Å². The van der Waals surface area contributed by atoms with E-state index in [9.17, 15) is 0 Å². The van der Waals surface area contributed by atoms with Crippen molar-refractivity contribution in [2.24, 2.45) is 10.3 Å².